The van der Waals surface area contributed by atoms with Crippen LogP contribution < -0.4 is 0 Å². The predicted molar refractivity (Wildman–Crippen MR) is 74.1 cm³/mol. The number of hydrogen-bond acceptors (Lipinski definition) is 3. The first-order valence-electron chi connectivity index (χ1n) is 6.69. The van der Waals surface area contributed by atoms with Crippen molar-refractivity contribution in [3.05, 3.63) is 21.9 Å². The summed E-state index contributed by atoms with van der Waals surface area (Å²) in [5.41, 5.74) is 0. The van der Waals surface area contributed by atoms with Gasteiger partial charge in [-0.3, -0.25) is 9.69 Å². The monoisotopic (exact) mass is 267 g/mol. The molecule has 0 aliphatic carbocycles. The van der Waals surface area contributed by atoms with E-state index in [1.165, 1.54) is 35.4 Å². The number of carbonyl (C=O) groups is 1. The van der Waals surface area contributed by atoms with Gasteiger partial charge in [-0.15, -0.1) is 11.3 Å². The minimum Gasteiger partial charge on any atom is -0.481 e. The van der Waals surface area contributed by atoms with Crippen LogP contribution in [0.3, 0.4) is 0 Å². The molecule has 1 atom stereocenters. The molecule has 1 aromatic heterocycles. The molecule has 3 nitrogen and oxygen atoms in total. The molecule has 1 aromatic rings. The highest BCUT2D eigenvalue weighted by molar-refractivity contribution is 7.12. The van der Waals surface area contributed by atoms with Gasteiger partial charge in [-0.2, -0.15) is 0 Å². The Labute approximate surface area is 112 Å². The van der Waals surface area contributed by atoms with Crippen molar-refractivity contribution in [3.8, 4) is 0 Å². The van der Waals surface area contributed by atoms with Crippen LogP contribution in [0.1, 0.15) is 47.9 Å². The maximum atomic E-state index is 11.1. The number of aliphatic carboxylic acids is 1. The van der Waals surface area contributed by atoms with E-state index in [1.54, 1.807) is 11.3 Å². The van der Waals surface area contributed by atoms with Crippen LogP contribution >= 0.6 is 11.3 Å². The van der Waals surface area contributed by atoms with Crippen molar-refractivity contribution in [3.63, 3.8) is 0 Å². The summed E-state index contributed by atoms with van der Waals surface area (Å²) in [7, 11) is 0. The minimum absolute atomic E-state index is 0.0688. The number of likely N-dealkylation sites (tertiary alicyclic amines) is 1. The van der Waals surface area contributed by atoms with Gasteiger partial charge in [0.25, 0.3) is 0 Å². The zero-order valence-corrected chi connectivity index (χ0v) is 11.7. The quantitative estimate of drug-likeness (QED) is 0.908. The third kappa shape index (κ3) is 3.56. The molecule has 0 aromatic carbocycles. The lowest BCUT2D eigenvalue weighted by atomic mass is 10.1. The molecule has 0 amide bonds. The van der Waals surface area contributed by atoms with Crippen LogP contribution in [0.25, 0.3) is 0 Å². The van der Waals surface area contributed by atoms with Crippen molar-refractivity contribution in [2.24, 2.45) is 0 Å². The SMILES string of the molecule is Cc1ccc(C(CC(=O)O)N2CCCCCC2)s1. The Morgan fingerprint density at radius 2 is 2.00 bits per heavy atom. The van der Waals surface area contributed by atoms with Gasteiger partial charge in [-0.25, -0.2) is 0 Å². The number of hydrogen-bond donors (Lipinski definition) is 1. The van der Waals surface area contributed by atoms with Crippen molar-refractivity contribution >= 4 is 17.3 Å². The zero-order valence-electron chi connectivity index (χ0n) is 10.9. The maximum Gasteiger partial charge on any atom is 0.305 e. The van der Waals surface area contributed by atoms with Crippen molar-refractivity contribution < 1.29 is 9.90 Å². The highest BCUT2D eigenvalue weighted by Crippen LogP contribution is 2.31. The fourth-order valence-electron chi connectivity index (χ4n) is 2.61. The van der Waals surface area contributed by atoms with Gasteiger partial charge < -0.3 is 5.11 Å². The Balaban J connectivity index is 2.15. The number of thiophene rings is 1. The number of rotatable bonds is 4. The van der Waals surface area contributed by atoms with Crippen LogP contribution in [0, 0.1) is 6.92 Å². The van der Waals surface area contributed by atoms with Gasteiger partial charge in [0.05, 0.1) is 12.5 Å². The Morgan fingerprint density at radius 3 is 2.50 bits per heavy atom. The van der Waals surface area contributed by atoms with Gasteiger partial charge >= 0.3 is 5.97 Å². The Hall–Kier alpha value is -0.870. The molecule has 0 spiro atoms. The molecule has 0 radical (unpaired) electrons. The highest BCUT2D eigenvalue weighted by Gasteiger charge is 2.24. The summed E-state index contributed by atoms with van der Waals surface area (Å²) in [5, 5.41) is 9.13. The second-order valence-electron chi connectivity index (χ2n) is 5.01. The average Bonchev–Trinajstić information content (AvgIpc) is 2.60. The van der Waals surface area contributed by atoms with E-state index >= 15 is 0 Å². The summed E-state index contributed by atoms with van der Waals surface area (Å²) >= 11 is 1.73. The van der Waals surface area contributed by atoms with Crippen LogP contribution in [-0.2, 0) is 4.79 Å². The van der Waals surface area contributed by atoms with E-state index in [0.717, 1.165) is 13.1 Å². The smallest absolute Gasteiger partial charge is 0.305 e. The molecule has 1 fully saturated rings. The molecule has 1 saturated heterocycles. The van der Waals surface area contributed by atoms with Crippen molar-refractivity contribution in [1.29, 1.82) is 0 Å². The van der Waals surface area contributed by atoms with Crippen LogP contribution in [0.4, 0.5) is 0 Å². The van der Waals surface area contributed by atoms with Crippen LogP contribution in [0.5, 0.6) is 0 Å². The van der Waals surface area contributed by atoms with E-state index in [9.17, 15) is 4.79 Å². The fraction of sp³-hybridized carbons (Fsp3) is 0.643. The van der Waals surface area contributed by atoms with Gasteiger partial charge in [0.1, 0.15) is 0 Å². The first-order valence-corrected chi connectivity index (χ1v) is 7.50. The summed E-state index contributed by atoms with van der Waals surface area (Å²) in [6.45, 7) is 4.15. The molecule has 0 saturated carbocycles. The Kier molecular flexibility index (Phi) is 4.78. The molecule has 1 unspecified atom stereocenters. The number of carboxylic acids is 1. The molecule has 1 aliphatic rings. The standard InChI is InChI=1S/C14H21NO2S/c1-11-6-7-13(18-11)12(10-14(16)17)15-8-4-2-3-5-9-15/h6-7,12H,2-5,8-10H2,1H3,(H,16,17). The molecule has 4 heteroatoms. The average molecular weight is 267 g/mol. The van der Waals surface area contributed by atoms with E-state index in [1.807, 2.05) is 0 Å². The van der Waals surface area contributed by atoms with Crippen LogP contribution in [0.2, 0.25) is 0 Å². The van der Waals surface area contributed by atoms with Crippen molar-refractivity contribution in [1.82, 2.24) is 4.90 Å². The van der Waals surface area contributed by atoms with E-state index < -0.39 is 5.97 Å². The third-order valence-corrected chi connectivity index (χ3v) is 4.64. The summed E-state index contributed by atoms with van der Waals surface area (Å²) in [6.07, 6.45) is 5.17. The Bertz CT molecular complexity index is 394. The van der Waals surface area contributed by atoms with Gasteiger partial charge in [-0.1, -0.05) is 12.8 Å². The lowest BCUT2D eigenvalue weighted by Gasteiger charge is -2.28. The maximum absolute atomic E-state index is 11.1. The number of carboxylic acid groups (broad SMARTS) is 1. The van der Waals surface area contributed by atoms with E-state index in [4.69, 9.17) is 5.11 Å². The first kappa shape index (κ1) is 13.6. The predicted octanol–water partition coefficient (Wildman–Crippen LogP) is 3.45. The molecule has 0 bridgehead atoms. The van der Waals surface area contributed by atoms with Gasteiger partial charge in [0.2, 0.25) is 0 Å². The third-order valence-electron chi connectivity index (χ3n) is 3.54. The Morgan fingerprint density at radius 1 is 1.33 bits per heavy atom. The zero-order chi connectivity index (χ0) is 13.0. The van der Waals surface area contributed by atoms with E-state index in [-0.39, 0.29) is 12.5 Å². The molecule has 2 heterocycles. The fourth-order valence-corrected chi connectivity index (χ4v) is 3.63. The van der Waals surface area contributed by atoms with E-state index in [2.05, 4.69) is 24.0 Å². The molecule has 18 heavy (non-hydrogen) atoms. The van der Waals surface area contributed by atoms with Crippen molar-refractivity contribution in [2.75, 3.05) is 13.1 Å². The lowest BCUT2D eigenvalue weighted by molar-refractivity contribution is -0.138. The summed E-state index contributed by atoms with van der Waals surface area (Å²) < 4.78 is 0. The topological polar surface area (TPSA) is 40.5 Å². The molecule has 100 valence electrons. The first-order chi connectivity index (χ1) is 8.66. The van der Waals surface area contributed by atoms with Gasteiger partial charge in [-0.05, 0) is 45.0 Å². The largest absolute Gasteiger partial charge is 0.481 e. The van der Waals surface area contributed by atoms with Crippen LogP contribution in [-0.4, -0.2) is 29.1 Å². The number of nitrogens with zero attached hydrogens (tertiary/aromatic N) is 1. The van der Waals surface area contributed by atoms with Crippen molar-refractivity contribution in [2.45, 2.75) is 45.1 Å². The van der Waals surface area contributed by atoms with Crippen LogP contribution in [0.15, 0.2) is 12.1 Å². The minimum atomic E-state index is -0.699. The lowest BCUT2D eigenvalue weighted by Crippen LogP contribution is -2.30. The molecule has 1 aliphatic heterocycles. The number of aryl methyl sites for hydroxylation is 1. The van der Waals surface area contributed by atoms with E-state index in [0.29, 0.717) is 0 Å². The molecular formula is C14H21NO2S. The second kappa shape index (κ2) is 6.34. The summed E-state index contributed by atoms with van der Waals surface area (Å²) in [6, 6.07) is 4.25. The van der Waals surface area contributed by atoms with Gasteiger partial charge in [0.15, 0.2) is 0 Å². The molecule has 2 rings (SSSR count). The second-order valence-corrected chi connectivity index (χ2v) is 6.33. The van der Waals surface area contributed by atoms with Gasteiger partial charge in [0, 0.05) is 9.75 Å². The summed E-state index contributed by atoms with van der Waals surface area (Å²) in [5.74, 6) is -0.699. The molecular weight excluding hydrogens is 246 g/mol. The highest BCUT2D eigenvalue weighted by atomic mass is 32.1. The summed E-state index contributed by atoms with van der Waals surface area (Å²) in [4.78, 5) is 15.9. The normalized spacial score (nSPS) is 19.4. The molecule has 1 N–H and O–H groups in total.